The first-order chi connectivity index (χ1) is 18.1. The minimum atomic E-state index is -0.444. The molecular weight excluding hydrogens is 479 g/mol. The SMILES string of the molecule is COCCOc1ccc(Oc2ccc(F)c3c2CC[C@H]3Oc2ccc3c(c2)OCC3CC(=O)OC)cc1. The van der Waals surface area contributed by atoms with Gasteiger partial charge in [0.2, 0.25) is 0 Å². The zero-order chi connectivity index (χ0) is 25.8. The molecule has 37 heavy (non-hydrogen) atoms. The van der Waals surface area contributed by atoms with E-state index in [1.807, 2.05) is 36.4 Å². The lowest BCUT2D eigenvalue weighted by Crippen LogP contribution is -2.09. The second-order valence-electron chi connectivity index (χ2n) is 8.99. The van der Waals surface area contributed by atoms with Gasteiger partial charge >= 0.3 is 5.97 Å². The Morgan fingerprint density at radius 3 is 2.57 bits per heavy atom. The maximum atomic E-state index is 15.0. The maximum absolute atomic E-state index is 15.0. The van der Waals surface area contributed by atoms with Gasteiger partial charge in [0.05, 0.1) is 26.7 Å². The first-order valence-corrected chi connectivity index (χ1v) is 12.3. The largest absolute Gasteiger partial charge is 0.492 e. The number of carbonyl (C=O) groups excluding carboxylic acids is 1. The van der Waals surface area contributed by atoms with Crippen LogP contribution in [-0.2, 0) is 20.7 Å². The summed E-state index contributed by atoms with van der Waals surface area (Å²) in [6.45, 7) is 1.39. The van der Waals surface area contributed by atoms with Crippen LogP contribution in [0, 0.1) is 5.82 Å². The number of methoxy groups -OCH3 is 2. The van der Waals surface area contributed by atoms with Crippen molar-refractivity contribution in [3.05, 3.63) is 77.1 Å². The Morgan fingerprint density at radius 1 is 1.00 bits per heavy atom. The monoisotopic (exact) mass is 508 g/mol. The Morgan fingerprint density at radius 2 is 1.78 bits per heavy atom. The predicted molar refractivity (Wildman–Crippen MR) is 133 cm³/mol. The molecule has 1 heterocycles. The fourth-order valence-electron chi connectivity index (χ4n) is 4.78. The number of halogens is 1. The molecule has 0 spiro atoms. The summed E-state index contributed by atoms with van der Waals surface area (Å²) in [7, 11) is 3.00. The topological polar surface area (TPSA) is 72.5 Å². The number of fused-ring (bicyclic) bond motifs is 2. The summed E-state index contributed by atoms with van der Waals surface area (Å²) in [5, 5.41) is 0. The fraction of sp³-hybridized carbons (Fsp3) is 0.345. The van der Waals surface area contributed by atoms with Crippen LogP contribution >= 0.6 is 0 Å². The van der Waals surface area contributed by atoms with Gasteiger partial charge in [0.15, 0.2) is 0 Å². The Labute approximate surface area is 215 Å². The summed E-state index contributed by atoms with van der Waals surface area (Å²) < 4.78 is 48.4. The van der Waals surface area contributed by atoms with Crippen molar-refractivity contribution in [1.82, 2.24) is 0 Å². The van der Waals surface area contributed by atoms with Crippen LogP contribution in [0.1, 0.15) is 41.6 Å². The highest BCUT2D eigenvalue weighted by molar-refractivity contribution is 5.71. The molecule has 1 aliphatic carbocycles. The van der Waals surface area contributed by atoms with Crippen LogP contribution in [0.25, 0.3) is 0 Å². The molecule has 2 aliphatic rings. The van der Waals surface area contributed by atoms with Gasteiger partial charge in [0.25, 0.3) is 0 Å². The highest BCUT2D eigenvalue weighted by Gasteiger charge is 2.32. The number of ether oxygens (including phenoxy) is 6. The molecule has 8 heteroatoms. The summed E-state index contributed by atoms with van der Waals surface area (Å²) in [5.74, 6) is 2.59. The van der Waals surface area contributed by atoms with Crippen molar-refractivity contribution in [2.24, 2.45) is 0 Å². The van der Waals surface area contributed by atoms with Crippen LogP contribution in [0.5, 0.6) is 28.7 Å². The molecule has 0 N–H and O–H groups in total. The van der Waals surface area contributed by atoms with Crippen molar-refractivity contribution in [3.63, 3.8) is 0 Å². The molecule has 0 amide bonds. The number of benzene rings is 3. The molecule has 3 aromatic carbocycles. The standard InChI is InChI=1S/C29H29FO7/c1-32-13-14-34-19-3-5-20(6-4-19)36-25-12-10-24(30)29-23(25)9-11-26(29)37-21-7-8-22-18(15-28(31)33-2)17-35-27(22)16-21/h3-8,10,12,16,18,26H,9,11,13-15,17H2,1-2H3/t18?,26-/m1/s1. The van der Waals surface area contributed by atoms with Gasteiger partial charge < -0.3 is 28.4 Å². The third kappa shape index (κ3) is 5.49. The summed E-state index contributed by atoms with van der Waals surface area (Å²) >= 11 is 0. The van der Waals surface area contributed by atoms with Crippen LogP contribution in [0.2, 0.25) is 0 Å². The van der Waals surface area contributed by atoms with E-state index in [2.05, 4.69) is 0 Å². The molecular formula is C29H29FO7. The van der Waals surface area contributed by atoms with Crippen LogP contribution in [0.15, 0.2) is 54.6 Å². The Balaban J connectivity index is 1.28. The Kier molecular flexibility index (Phi) is 7.46. The van der Waals surface area contributed by atoms with Gasteiger partial charge in [0.1, 0.15) is 47.3 Å². The third-order valence-corrected chi connectivity index (χ3v) is 6.63. The average Bonchev–Trinajstić information content (AvgIpc) is 3.51. The number of carbonyl (C=O) groups is 1. The zero-order valence-corrected chi connectivity index (χ0v) is 20.8. The van der Waals surface area contributed by atoms with Gasteiger partial charge in [-0.15, -0.1) is 0 Å². The summed E-state index contributed by atoms with van der Waals surface area (Å²) in [5.41, 5.74) is 2.27. The van der Waals surface area contributed by atoms with E-state index in [-0.39, 0.29) is 24.1 Å². The number of rotatable bonds is 10. The lowest BCUT2D eigenvalue weighted by Gasteiger charge is -2.17. The van der Waals surface area contributed by atoms with E-state index >= 15 is 0 Å². The molecule has 0 saturated carbocycles. The van der Waals surface area contributed by atoms with Gasteiger partial charge in [-0.3, -0.25) is 4.79 Å². The minimum Gasteiger partial charge on any atom is -0.492 e. The lowest BCUT2D eigenvalue weighted by atomic mass is 9.98. The summed E-state index contributed by atoms with van der Waals surface area (Å²) in [6.07, 6.45) is 1.08. The molecule has 7 nitrogen and oxygen atoms in total. The highest BCUT2D eigenvalue weighted by atomic mass is 19.1. The van der Waals surface area contributed by atoms with Gasteiger partial charge in [0, 0.05) is 35.8 Å². The van der Waals surface area contributed by atoms with Crippen molar-refractivity contribution in [2.45, 2.75) is 31.3 Å². The molecule has 1 unspecified atom stereocenters. The number of hydrogen-bond donors (Lipinski definition) is 0. The highest BCUT2D eigenvalue weighted by Crippen LogP contribution is 2.44. The smallest absolute Gasteiger partial charge is 0.306 e. The van der Waals surface area contributed by atoms with Crippen molar-refractivity contribution in [2.75, 3.05) is 34.0 Å². The fourth-order valence-corrected chi connectivity index (χ4v) is 4.78. The molecule has 0 saturated heterocycles. The molecule has 0 bridgehead atoms. The van der Waals surface area contributed by atoms with Gasteiger partial charge in [-0.1, -0.05) is 6.07 Å². The Bertz CT molecular complexity index is 1260. The second-order valence-corrected chi connectivity index (χ2v) is 8.99. The van der Waals surface area contributed by atoms with Gasteiger partial charge in [-0.25, -0.2) is 4.39 Å². The normalized spacial score (nSPS) is 17.5. The van der Waals surface area contributed by atoms with E-state index in [9.17, 15) is 9.18 Å². The number of esters is 1. The van der Waals surface area contributed by atoms with Gasteiger partial charge in [-0.2, -0.15) is 0 Å². The minimum absolute atomic E-state index is 0.0492. The van der Waals surface area contributed by atoms with Crippen LogP contribution in [0.3, 0.4) is 0 Å². The first-order valence-electron chi connectivity index (χ1n) is 12.3. The average molecular weight is 509 g/mol. The van der Waals surface area contributed by atoms with Crippen LogP contribution in [0.4, 0.5) is 4.39 Å². The zero-order valence-electron chi connectivity index (χ0n) is 20.8. The summed E-state index contributed by atoms with van der Waals surface area (Å²) in [6, 6.07) is 15.9. The predicted octanol–water partition coefficient (Wildman–Crippen LogP) is 5.75. The molecule has 2 atom stereocenters. The quantitative estimate of drug-likeness (QED) is 0.255. The van der Waals surface area contributed by atoms with Crippen molar-refractivity contribution >= 4 is 5.97 Å². The third-order valence-electron chi connectivity index (χ3n) is 6.63. The van der Waals surface area contributed by atoms with Crippen LogP contribution < -0.4 is 18.9 Å². The molecule has 3 aromatic rings. The molecule has 0 fully saturated rings. The second kappa shape index (κ2) is 11.1. The number of hydrogen-bond acceptors (Lipinski definition) is 7. The van der Waals surface area contributed by atoms with E-state index < -0.39 is 6.10 Å². The van der Waals surface area contributed by atoms with Gasteiger partial charge in [-0.05, 0) is 55.3 Å². The van der Waals surface area contributed by atoms with E-state index in [0.717, 1.165) is 16.9 Å². The molecule has 0 aromatic heterocycles. The van der Waals surface area contributed by atoms with Crippen molar-refractivity contribution in [3.8, 4) is 28.7 Å². The molecule has 1 aliphatic heterocycles. The lowest BCUT2D eigenvalue weighted by molar-refractivity contribution is -0.141. The first kappa shape index (κ1) is 24.9. The van der Waals surface area contributed by atoms with E-state index in [4.69, 9.17) is 28.4 Å². The summed E-state index contributed by atoms with van der Waals surface area (Å²) in [4.78, 5) is 11.7. The van der Waals surface area contributed by atoms with E-state index in [0.29, 0.717) is 61.2 Å². The van der Waals surface area contributed by atoms with Crippen molar-refractivity contribution in [1.29, 1.82) is 0 Å². The molecule has 0 radical (unpaired) electrons. The van der Waals surface area contributed by atoms with E-state index in [1.54, 1.807) is 19.2 Å². The van der Waals surface area contributed by atoms with E-state index in [1.165, 1.54) is 13.2 Å². The molecule has 5 rings (SSSR count). The maximum Gasteiger partial charge on any atom is 0.306 e. The van der Waals surface area contributed by atoms with Crippen LogP contribution in [-0.4, -0.2) is 40.0 Å². The molecule has 194 valence electrons. The Hall–Kier alpha value is -3.78. The van der Waals surface area contributed by atoms with Crippen molar-refractivity contribution < 1.29 is 37.6 Å².